The van der Waals surface area contributed by atoms with Crippen LogP contribution >= 0.6 is 11.3 Å². The third kappa shape index (κ3) is 2.46. The Hall–Kier alpha value is -2.26. The molecule has 0 fully saturated rings. The van der Waals surface area contributed by atoms with E-state index < -0.39 is 0 Å². The first kappa shape index (κ1) is 11.8. The summed E-state index contributed by atoms with van der Waals surface area (Å²) in [5.41, 5.74) is 2.62. The molecule has 0 N–H and O–H groups in total. The van der Waals surface area contributed by atoms with E-state index in [1.54, 1.807) is 11.3 Å². The molecule has 1 aromatic heterocycles. The number of aromatic nitrogens is 1. The maximum Gasteiger partial charge on any atom is 0.150 e. The number of hydrogen-bond donors (Lipinski definition) is 0. The highest BCUT2D eigenvalue weighted by Crippen LogP contribution is 2.23. The van der Waals surface area contributed by atoms with Gasteiger partial charge in [0.25, 0.3) is 0 Å². The van der Waals surface area contributed by atoms with E-state index in [-0.39, 0.29) is 0 Å². The summed E-state index contributed by atoms with van der Waals surface area (Å²) in [5, 5.41) is 0.946. The number of aldehydes is 1. The molecule has 0 bridgehead atoms. The second-order valence-electron chi connectivity index (χ2n) is 4.10. The number of thiazole rings is 1. The largest absolute Gasteiger partial charge is 0.298 e. The number of fused-ring (bicyclic) bond motifs is 1. The van der Waals surface area contributed by atoms with E-state index in [0.29, 0.717) is 5.56 Å². The molecule has 0 aliphatic heterocycles. The molecule has 3 aromatic rings. The van der Waals surface area contributed by atoms with E-state index in [1.807, 2.05) is 54.6 Å². The normalized spacial score (nSPS) is 11.2. The monoisotopic (exact) mass is 265 g/mol. The average Bonchev–Trinajstić information content (AvgIpc) is 2.88. The fourth-order valence-electron chi connectivity index (χ4n) is 1.89. The van der Waals surface area contributed by atoms with Crippen LogP contribution in [-0.2, 0) is 0 Å². The Balaban J connectivity index is 1.95. The van der Waals surface area contributed by atoms with Crippen molar-refractivity contribution in [3.05, 3.63) is 64.7 Å². The smallest absolute Gasteiger partial charge is 0.150 e. The summed E-state index contributed by atoms with van der Waals surface area (Å²) in [5.74, 6) is 0. The van der Waals surface area contributed by atoms with Gasteiger partial charge in [-0.05, 0) is 23.8 Å². The molecule has 0 amide bonds. The van der Waals surface area contributed by atoms with Gasteiger partial charge in [0, 0.05) is 5.56 Å². The Bertz CT molecular complexity index is 725. The molecule has 3 rings (SSSR count). The molecule has 2 nitrogen and oxygen atoms in total. The van der Waals surface area contributed by atoms with Gasteiger partial charge in [0.05, 0.1) is 10.2 Å². The highest BCUT2D eigenvalue weighted by Gasteiger charge is 2.00. The minimum Gasteiger partial charge on any atom is -0.298 e. The number of hydrogen-bond acceptors (Lipinski definition) is 3. The molecule has 3 heteroatoms. The fourth-order valence-corrected chi connectivity index (χ4v) is 2.76. The summed E-state index contributed by atoms with van der Waals surface area (Å²) in [4.78, 5) is 15.5. The number of nitrogens with zero attached hydrogens (tertiary/aromatic N) is 1. The van der Waals surface area contributed by atoms with E-state index in [4.69, 9.17) is 0 Å². The molecule has 0 unspecified atom stereocenters. The maximum atomic E-state index is 10.9. The molecule has 0 saturated carbocycles. The predicted octanol–water partition coefficient (Wildman–Crippen LogP) is 4.28. The van der Waals surface area contributed by atoms with E-state index in [2.05, 4.69) is 11.1 Å². The Morgan fingerprint density at radius 2 is 1.63 bits per heavy atom. The van der Waals surface area contributed by atoms with Crippen molar-refractivity contribution in [1.82, 2.24) is 4.98 Å². The minimum atomic E-state index is 0.694. The van der Waals surface area contributed by atoms with Crippen molar-refractivity contribution in [2.45, 2.75) is 0 Å². The van der Waals surface area contributed by atoms with Gasteiger partial charge in [-0.3, -0.25) is 4.79 Å². The Morgan fingerprint density at radius 1 is 0.895 bits per heavy atom. The molecular weight excluding hydrogens is 254 g/mol. The van der Waals surface area contributed by atoms with E-state index >= 15 is 0 Å². The lowest BCUT2D eigenvalue weighted by Gasteiger charge is -1.96. The lowest BCUT2D eigenvalue weighted by atomic mass is 10.1. The van der Waals surface area contributed by atoms with Gasteiger partial charge in [-0.25, -0.2) is 4.98 Å². The Morgan fingerprint density at radius 3 is 2.42 bits per heavy atom. The van der Waals surface area contributed by atoms with Gasteiger partial charge < -0.3 is 0 Å². The van der Waals surface area contributed by atoms with E-state index in [0.717, 1.165) is 22.4 Å². The third-order valence-corrected chi connectivity index (χ3v) is 3.84. The molecule has 0 saturated heterocycles. The summed E-state index contributed by atoms with van der Waals surface area (Å²) < 4.78 is 1.17. The van der Waals surface area contributed by atoms with Crippen LogP contribution in [0.3, 0.4) is 0 Å². The van der Waals surface area contributed by atoms with Gasteiger partial charge in [0.2, 0.25) is 0 Å². The first-order valence-corrected chi connectivity index (χ1v) is 6.76. The first-order chi connectivity index (χ1) is 9.36. The average molecular weight is 265 g/mol. The summed E-state index contributed by atoms with van der Waals surface area (Å²) in [6.45, 7) is 0. The van der Waals surface area contributed by atoms with E-state index in [1.165, 1.54) is 4.70 Å². The van der Waals surface area contributed by atoms with Crippen molar-refractivity contribution < 1.29 is 4.79 Å². The van der Waals surface area contributed by atoms with Gasteiger partial charge in [-0.2, -0.15) is 0 Å². The molecule has 0 aliphatic rings. The van der Waals surface area contributed by atoms with Crippen LogP contribution in [0.1, 0.15) is 20.9 Å². The summed E-state index contributed by atoms with van der Waals surface area (Å²) in [6, 6.07) is 15.6. The molecule has 0 aliphatic carbocycles. The standard InChI is InChI=1S/C16H11NOS/c18-11-13-6-2-1-5-12(13)9-10-16-17-14-7-3-4-8-15(14)19-16/h1-11H/b10-9+. The summed E-state index contributed by atoms with van der Waals surface area (Å²) in [6.07, 6.45) is 4.76. The number of rotatable bonds is 3. The molecule has 0 spiro atoms. The molecule has 92 valence electrons. The van der Waals surface area contributed by atoms with Crippen LogP contribution in [0, 0.1) is 0 Å². The number of benzene rings is 2. The minimum absolute atomic E-state index is 0.694. The number of carbonyl (C=O) groups excluding carboxylic acids is 1. The van der Waals surface area contributed by atoms with Gasteiger partial charge in [0.1, 0.15) is 5.01 Å². The third-order valence-electron chi connectivity index (χ3n) is 2.84. The van der Waals surface area contributed by atoms with Crippen LogP contribution in [0.2, 0.25) is 0 Å². The molecular formula is C16H11NOS. The highest BCUT2D eigenvalue weighted by molar-refractivity contribution is 7.19. The van der Waals surface area contributed by atoms with Crippen molar-refractivity contribution in [3.8, 4) is 0 Å². The Labute approximate surface area is 115 Å². The van der Waals surface area contributed by atoms with Gasteiger partial charge in [-0.15, -0.1) is 11.3 Å². The van der Waals surface area contributed by atoms with Crippen LogP contribution in [0.5, 0.6) is 0 Å². The van der Waals surface area contributed by atoms with Crippen LogP contribution in [0.25, 0.3) is 22.4 Å². The van der Waals surface area contributed by atoms with Crippen molar-refractivity contribution in [3.63, 3.8) is 0 Å². The summed E-state index contributed by atoms with van der Waals surface area (Å²) in [7, 11) is 0. The van der Waals surface area contributed by atoms with Crippen LogP contribution in [0.15, 0.2) is 48.5 Å². The number of para-hydroxylation sites is 1. The molecule has 2 aromatic carbocycles. The zero-order chi connectivity index (χ0) is 13.1. The maximum absolute atomic E-state index is 10.9. The van der Waals surface area contributed by atoms with Crippen molar-refractivity contribution >= 4 is 40.0 Å². The van der Waals surface area contributed by atoms with Crippen molar-refractivity contribution in [2.75, 3.05) is 0 Å². The molecule has 0 atom stereocenters. The fraction of sp³-hybridized carbons (Fsp3) is 0. The number of carbonyl (C=O) groups is 1. The van der Waals surface area contributed by atoms with Crippen molar-refractivity contribution in [1.29, 1.82) is 0 Å². The highest BCUT2D eigenvalue weighted by atomic mass is 32.1. The van der Waals surface area contributed by atoms with E-state index in [9.17, 15) is 4.79 Å². The van der Waals surface area contributed by atoms with Crippen LogP contribution < -0.4 is 0 Å². The van der Waals surface area contributed by atoms with Crippen LogP contribution in [-0.4, -0.2) is 11.3 Å². The topological polar surface area (TPSA) is 30.0 Å². The summed E-state index contributed by atoms with van der Waals surface area (Å²) >= 11 is 1.64. The lowest BCUT2D eigenvalue weighted by Crippen LogP contribution is -1.83. The second-order valence-corrected chi connectivity index (χ2v) is 5.16. The van der Waals surface area contributed by atoms with Gasteiger partial charge >= 0.3 is 0 Å². The Kier molecular flexibility index (Phi) is 3.21. The van der Waals surface area contributed by atoms with Gasteiger partial charge in [0.15, 0.2) is 6.29 Å². The zero-order valence-corrected chi connectivity index (χ0v) is 10.9. The molecule has 19 heavy (non-hydrogen) atoms. The van der Waals surface area contributed by atoms with Crippen LogP contribution in [0.4, 0.5) is 0 Å². The predicted molar refractivity (Wildman–Crippen MR) is 80.4 cm³/mol. The lowest BCUT2D eigenvalue weighted by molar-refractivity contribution is 0.112. The molecule has 0 radical (unpaired) electrons. The van der Waals surface area contributed by atoms with Crippen molar-refractivity contribution in [2.24, 2.45) is 0 Å². The zero-order valence-electron chi connectivity index (χ0n) is 10.1. The second kappa shape index (κ2) is 5.16. The first-order valence-electron chi connectivity index (χ1n) is 5.95. The molecule has 1 heterocycles. The quantitative estimate of drug-likeness (QED) is 0.662. The SMILES string of the molecule is O=Cc1ccccc1/C=C/c1nc2ccccc2s1. The van der Waals surface area contributed by atoms with Gasteiger partial charge in [-0.1, -0.05) is 42.5 Å².